The van der Waals surface area contributed by atoms with Crippen LogP contribution in [0, 0.1) is 11.3 Å². The maximum absolute atomic E-state index is 13.2. The molecule has 2 aliphatic heterocycles. The molecule has 0 aliphatic carbocycles. The lowest BCUT2D eigenvalue weighted by atomic mass is 9.91. The minimum absolute atomic E-state index is 0. The third-order valence-corrected chi connectivity index (χ3v) is 5.80. The van der Waals surface area contributed by atoms with E-state index in [0.717, 1.165) is 38.2 Å². The number of hydrogen-bond donors (Lipinski definition) is 0. The molecule has 1 amide bonds. The monoisotopic (exact) mass is 395 g/mol. The molecule has 2 aromatic carbocycles. The van der Waals surface area contributed by atoms with Gasteiger partial charge in [-0.15, -0.1) is 12.4 Å². The number of carbonyl (C=O) groups is 1. The van der Waals surface area contributed by atoms with Gasteiger partial charge in [-0.1, -0.05) is 36.4 Å². The van der Waals surface area contributed by atoms with E-state index < -0.39 is 0 Å². The predicted molar refractivity (Wildman–Crippen MR) is 112 cm³/mol. The number of likely N-dealkylation sites (tertiary alicyclic amines) is 1. The number of halogens is 1. The number of nitriles is 1. The lowest BCUT2D eigenvalue weighted by molar-refractivity contribution is -0.133. The first kappa shape index (κ1) is 20.4. The highest BCUT2D eigenvalue weighted by molar-refractivity contribution is 5.85. The van der Waals surface area contributed by atoms with Gasteiger partial charge < -0.3 is 9.80 Å². The Morgan fingerprint density at radius 1 is 1.04 bits per heavy atom. The molecule has 1 atom stereocenters. The van der Waals surface area contributed by atoms with Crippen molar-refractivity contribution in [2.75, 3.05) is 26.2 Å². The van der Waals surface area contributed by atoms with Crippen LogP contribution in [0.3, 0.4) is 0 Å². The highest BCUT2D eigenvalue weighted by Crippen LogP contribution is 2.31. The van der Waals surface area contributed by atoms with Crippen molar-refractivity contribution in [1.82, 2.24) is 9.80 Å². The number of nitrogens with zero attached hydrogens (tertiary/aromatic N) is 3. The Bertz CT molecular complexity index is 853. The summed E-state index contributed by atoms with van der Waals surface area (Å²) in [6, 6.07) is 18.2. The molecule has 0 spiro atoms. The van der Waals surface area contributed by atoms with E-state index in [1.54, 1.807) is 12.1 Å². The quantitative estimate of drug-likeness (QED) is 0.792. The second kappa shape index (κ2) is 9.23. The van der Waals surface area contributed by atoms with Gasteiger partial charge in [-0.3, -0.25) is 4.79 Å². The molecular formula is C23H26ClN3O. The lowest BCUT2D eigenvalue weighted by Crippen LogP contribution is -2.45. The second-order valence-corrected chi connectivity index (χ2v) is 7.54. The molecule has 0 bridgehead atoms. The normalized spacial score (nSPS) is 18.8. The Hall–Kier alpha value is -2.35. The molecule has 28 heavy (non-hydrogen) atoms. The molecule has 1 saturated heterocycles. The van der Waals surface area contributed by atoms with Crippen molar-refractivity contribution < 1.29 is 4.79 Å². The van der Waals surface area contributed by atoms with Gasteiger partial charge in [-0.05, 0) is 61.2 Å². The lowest BCUT2D eigenvalue weighted by Gasteiger charge is -2.39. The molecule has 0 aromatic heterocycles. The summed E-state index contributed by atoms with van der Waals surface area (Å²) in [5.41, 5.74) is 4.29. The van der Waals surface area contributed by atoms with Crippen LogP contribution in [0.1, 0.15) is 41.1 Å². The number of fused-ring (bicyclic) bond motifs is 1. The fraction of sp³-hybridized carbons (Fsp3) is 0.391. The van der Waals surface area contributed by atoms with Crippen LogP contribution in [-0.2, 0) is 17.6 Å². The minimum atomic E-state index is 0. The van der Waals surface area contributed by atoms with Gasteiger partial charge in [0, 0.05) is 13.1 Å². The first-order valence-corrected chi connectivity index (χ1v) is 9.83. The molecule has 2 aromatic rings. The van der Waals surface area contributed by atoms with Crippen molar-refractivity contribution in [2.24, 2.45) is 0 Å². The van der Waals surface area contributed by atoms with E-state index in [-0.39, 0.29) is 24.4 Å². The number of hydrogen-bond acceptors (Lipinski definition) is 3. The van der Waals surface area contributed by atoms with Crippen molar-refractivity contribution >= 4 is 18.3 Å². The Morgan fingerprint density at radius 2 is 1.75 bits per heavy atom. The Balaban J connectivity index is 0.00000225. The fourth-order valence-corrected chi connectivity index (χ4v) is 4.33. The van der Waals surface area contributed by atoms with Crippen molar-refractivity contribution in [3.63, 3.8) is 0 Å². The minimum Gasteiger partial charge on any atom is -0.334 e. The van der Waals surface area contributed by atoms with Crippen molar-refractivity contribution in [3.05, 3.63) is 70.8 Å². The fourth-order valence-electron chi connectivity index (χ4n) is 4.33. The molecular weight excluding hydrogens is 370 g/mol. The van der Waals surface area contributed by atoms with Gasteiger partial charge in [0.05, 0.1) is 24.1 Å². The van der Waals surface area contributed by atoms with E-state index in [2.05, 4.69) is 40.1 Å². The Kier molecular flexibility index (Phi) is 6.72. The maximum atomic E-state index is 13.2. The Labute approximate surface area is 173 Å². The van der Waals surface area contributed by atoms with Crippen LogP contribution in [0.15, 0.2) is 48.5 Å². The molecule has 5 heteroatoms. The van der Waals surface area contributed by atoms with Crippen molar-refractivity contribution in [3.8, 4) is 6.07 Å². The Morgan fingerprint density at radius 3 is 2.46 bits per heavy atom. The second-order valence-electron chi connectivity index (χ2n) is 7.54. The van der Waals surface area contributed by atoms with Crippen LogP contribution in [-0.4, -0.2) is 41.9 Å². The van der Waals surface area contributed by atoms with Gasteiger partial charge in [0.15, 0.2) is 0 Å². The highest BCUT2D eigenvalue weighted by Gasteiger charge is 2.32. The van der Waals surface area contributed by atoms with E-state index >= 15 is 0 Å². The zero-order valence-corrected chi connectivity index (χ0v) is 16.8. The number of amides is 1. The highest BCUT2D eigenvalue weighted by atomic mass is 35.5. The maximum Gasteiger partial charge on any atom is 0.227 e. The van der Waals surface area contributed by atoms with Crippen LogP contribution in [0.5, 0.6) is 0 Å². The van der Waals surface area contributed by atoms with Crippen LogP contribution in [0.2, 0.25) is 0 Å². The third kappa shape index (κ3) is 4.38. The van der Waals surface area contributed by atoms with Crippen LogP contribution >= 0.6 is 12.4 Å². The van der Waals surface area contributed by atoms with E-state index in [9.17, 15) is 4.79 Å². The molecule has 1 unspecified atom stereocenters. The molecule has 2 aliphatic rings. The number of benzene rings is 2. The summed E-state index contributed by atoms with van der Waals surface area (Å²) in [6.45, 7) is 3.98. The van der Waals surface area contributed by atoms with Gasteiger partial charge in [0.2, 0.25) is 5.91 Å². The molecule has 1 fully saturated rings. The first-order valence-electron chi connectivity index (χ1n) is 9.83. The van der Waals surface area contributed by atoms with E-state index in [1.165, 1.54) is 24.0 Å². The summed E-state index contributed by atoms with van der Waals surface area (Å²) in [7, 11) is 0. The average molecular weight is 396 g/mol. The molecule has 146 valence electrons. The third-order valence-electron chi connectivity index (χ3n) is 5.80. The van der Waals surface area contributed by atoms with E-state index in [1.807, 2.05) is 12.1 Å². The molecule has 0 saturated carbocycles. The zero-order chi connectivity index (χ0) is 18.6. The van der Waals surface area contributed by atoms with Crippen LogP contribution in [0.4, 0.5) is 0 Å². The van der Waals surface area contributed by atoms with Crippen LogP contribution in [0.25, 0.3) is 0 Å². The molecule has 4 nitrogen and oxygen atoms in total. The molecule has 4 rings (SSSR count). The summed E-state index contributed by atoms with van der Waals surface area (Å²) in [5.74, 6) is 0.179. The van der Waals surface area contributed by atoms with E-state index in [0.29, 0.717) is 12.0 Å². The summed E-state index contributed by atoms with van der Waals surface area (Å²) < 4.78 is 0. The van der Waals surface area contributed by atoms with Gasteiger partial charge in [-0.2, -0.15) is 5.26 Å². The molecule has 0 N–H and O–H groups in total. The van der Waals surface area contributed by atoms with Gasteiger partial charge in [0.1, 0.15) is 0 Å². The summed E-state index contributed by atoms with van der Waals surface area (Å²) in [4.78, 5) is 17.7. The largest absolute Gasteiger partial charge is 0.334 e. The standard InChI is InChI=1S/C23H25N3O.ClH/c24-16-19-9-7-18(8-10-19)15-23(27)26-14-11-20-5-1-2-6-21(20)22(26)17-25-12-3-4-13-25;/h1-2,5-10,22H,3-4,11-15,17H2;1H. The first-order chi connectivity index (χ1) is 13.2. The topological polar surface area (TPSA) is 47.3 Å². The van der Waals surface area contributed by atoms with Crippen LogP contribution < -0.4 is 0 Å². The molecule has 0 radical (unpaired) electrons. The SMILES string of the molecule is Cl.N#Cc1ccc(CC(=O)N2CCc3ccccc3C2CN2CCCC2)cc1. The smallest absolute Gasteiger partial charge is 0.227 e. The molecule has 2 heterocycles. The average Bonchev–Trinajstić information content (AvgIpc) is 3.22. The van der Waals surface area contributed by atoms with Crippen molar-refractivity contribution in [2.45, 2.75) is 31.7 Å². The van der Waals surface area contributed by atoms with Gasteiger partial charge in [0.25, 0.3) is 0 Å². The number of carbonyl (C=O) groups excluding carboxylic acids is 1. The van der Waals surface area contributed by atoms with Gasteiger partial charge >= 0.3 is 0 Å². The summed E-state index contributed by atoms with van der Waals surface area (Å²) in [5, 5.41) is 8.95. The predicted octanol–water partition coefficient (Wildman–Crippen LogP) is 3.74. The summed E-state index contributed by atoms with van der Waals surface area (Å²) in [6.07, 6.45) is 3.83. The summed E-state index contributed by atoms with van der Waals surface area (Å²) >= 11 is 0. The van der Waals surface area contributed by atoms with Crippen molar-refractivity contribution in [1.29, 1.82) is 5.26 Å². The van der Waals surface area contributed by atoms with E-state index in [4.69, 9.17) is 5.26 Å². The van der Waals surface area contributed by atoms with Gasteiger partial charge in [-0.25, -0.2) is 0 Å². The number of rotatable bonds is 4. The zero-order valence-electron chi connectivity index (χ0n) is 16.0.